The zero-order chi connectivity index (χ0) is 25.2. The molecule has 0 spiro atoms. The van der Waals surface area contributed by atoms with Gasteiger partial charge in [0.15, 0.2) is 10.2 Å². The van der Waals surface area contributed by atoms with Gasteiger partial charge in [-0.3, -0.25) is 4.98 Å². The van der Waals surface area contributed by atoms with Gasteiger partial charge < -0.3 is 24.3 Å². The summed E-state index contributed by atoms with van der Waals surface area (Å²) in [5.74, 6) is 0.816. The van der Waals surface area contributed by atoms with E-state index in [-0.39, 0.29) is 12.1 Å². The van der Waals surface area contributed by atoms with Crippen molar-refractivity contribution in [2.24, 2.45) is 0 Å². The highest BCUT2D eigenvalue weighted by Crippen LogP contribution is 2.43. The van der Waals surface area contributed by atoms with Crippen LogP contribution in [0.25, 0.3) is 0 Å². The summed E-state index contributed by atoms with van der Waals surface area (Å²) in [5.41, 5.74) is 3.09. The molecule has 4 aromatic rings. The lowest BCUT2D eigenvalue weighted by atomic mass is 10.0. The summed E-state index contributed by atoms with van der Waals surface area (Å²) in [6, 6.07) is 25.9. The predicted octanol–water partition coefficient (Wildman–Crippen LogP) is 6.49. The first-order valence-electron chi connectivity index (χ1n) is 12.1. The molecule has 0 bridgehead atoms. The summed E-state index contributed by atoms with van der Waals surface area (Å²) in [7, 11) is 0. The molecule has 37 heavy (non-hydrogen) atoms. The van der Waals surface area contributed by atoms with Crippen molar-refractivity contribution in [2.45, 2.75) is 22.1 Å². The third kappa shape index (κ3) is 5.20. The minimum absolute atomic E-state index is 0.160. The number of aromatic nitrogens is 1. The fourth-order valence-corrected chi connectivity index (χ4v) is 5.98. The maximum absolute atomic E-state index is 6.41. The normalized spacial score (nSPS) is 19.8. The molecule has 6 rings (SSSR count). The highest BCUT2D eigenvalue weighted by Gasteiger charge is 2.42. The van der Waals surface area contributed by atoms with Gasteiger partial charge in [-0.05, 0) is 85.0 Å². The quantitative estimate of drug-likeness (QED) is 0.274. The van der Waals surface area contributed by atoms with Crippen LogP contribution >= 0.6 is 35.6 Å². The Hall–Kier alpha value is -3.04. The Bertz CT molecular complexity index is 1360. The summed E-state index contributed by atoms with van der Waals surface area (Å²) < 4.78 is 11.9. The van der Waals surface area contributed by atoms with Crippen molar-refractivity contribution >= 4 is 52.1 Å². The van der Waals surface area contributed by atoms with Crippen molar-refractivity contribution < 1.29 is 9.15 Å². The van der Waals surface area contributed by atoms with Gasteiger partial charge in [-0.25, -0.2) is 0 Å². The van der Waals surface area contributed by atoms with E-state index in [4.69, 9.17) is 33.0 Å². The number of benzene rings is 2. The van der Waals surface area contributed by atoms with Crippen molar-refractivity contribution in [2.75, 3.05) is 36.1 Å². The van der Waals surface area contributed by atoms with E-state index in [1.165, 1.54) is 5.69 Å². The first kappa shape index (κ1) is 24.3. The topological polar surface area (TPSA) is 53.8 Å². The Balaban J connectivity index is 1.32. The molecule has 2 aromatic heterocycles. The molecule has 0 saturated carbocycles. The zero-order valence-corrected chi connectivity index (χ0v) is 22.3. The van der Waals surface area contributed by atoms with Crippen molar-refractivity contribution in [3.63, 3.8) is 0 Å². The third-order valence-corrected chi connectivity index (χ3v) is 8.02. The number of hydrogen-bond donors (Lipinski definition) is 1. The van der Waals surface area contributed by atoms with Crippen LogP contribution in [0.3, 0.4) is 0 Å². The lowest BCUT2D eigenvalue weighted by molar-refractivity contribution is 0.122. The summed E-state index contributed by atoms with van der Waals surface area (Å²) in [4.78, 5) is 10.2. The number of halogens is 1. The molecule has 1 N–H and O–H groups in total. The van der Waals surface area contributed by atoms with Crippen LogP contribution < -0.4 is 15.1 Å². The Morgan fingerprint density at radius 2 is 1.68 bits per heavy atom. The molecule has 9 heteroatoms. The van der Waals surface area contributed by atoms with Crippen LogP contribution in [0.1, 0.15) is 23.5 Å². The highest BCUT2D eigenvalue weighted by molar-refractivity contribution is 7.99. The first-order chi connectivity index (χ1) is 18.2. The SMILES string of the molecule is S=C1NC(c2ccccn2)C(c2ccc(Sc3ccc(Cl)cc3)o2)N1c1ccc(N2CCOCC2)cc1. The van der Waals surface area contributed by atoms with Crippen LogP contribution in [0.2, 0.25) is 5.02 Å². The number of hydrogen-bond acceptors (Lipinski definition) is 6. The largest absolute Gasteiger partial charge is 0.452 e. The summed E-state index contributed by atoms with van der Waals surface area (Å²) in [5, 5.41) is 5.65. The fourth-order valence-electron chi connectivity index (χ4n) is 4.73. The van der Waals surface area contributed by atoms with Crippen molar-refractivity contribution in [3.05, 3.63) is 102 Å². The summed E-state index contributed by atoms with van der Waals surface area (Å²) in [6.07, 6.45) is 1.81. The molecule has 0 amide bonds. The molecule has 2 fully saturated rings. The number of morpholine rings is 1. The van der Waals surface area contributed by atoms with E-state index in [0.29, 0.717) is 10.1 Å². The number of thiocarbonyl (C=S) groups is 1. The molecular weight excluding hydrogens is 524 g/mol. The lowest BCUT2D eigenvalue weighted by Gasteiger charge is -2.30. The van der Waals surface area contributed by atoms with Gasteiger partial charge in [-0.1, -0.05) is 29.4 Å². The Morgan fingerprint density at radius 3 is 2.41 bits per heavy atom. The van der Waals surface area contributed by atoms with E-state index >= 15 is 0 Å². The number of rotatable bonds is 6. The Morgan fingerprint density at radius 1 is 0.919 bits per heavy atom. The van der Waals surface area contributed by atoms with E-state index in [2.05, 4.69) is 44.4 Å². The molecule has 6 nitrogen and oxygen atoms in total. The number of nitrogens with one attached hydrogen (secondary N) is 1. The minimum Gasteiger partial charge on any atom is -0.452 e. The van der Waals surface area contributed by atoms with E-state index < -0.39 is 0 Å². The number of ether oxygens (including phenoxy) is 1. The Kier molecular flexibility index (Phi) is 7.06. The number of nitrogens with zero attached hydrogens (tertiary/aromatic N) is 3. The monoisotopic (exact) mass is 548 g/mol. The minimum atomic E-state index is -0.198. The number of anilines is 2. The molecule has 188 valence electrons. The average molecular weight is 549 g/mol. The first-order valence-corrected chi connectivity index (χ1v) is 13.7. The fraction of sp³-hybridized carbons (Fsp3) is 0.214. The Labute approximate surface area is 230 Å². The van der Waals surface area contributed by atoms with Crippen LogP contribution in [-0.4, -0.2) is 36.4 Å². The predicted molar refractivity (Wildman–Crippen MR) is 152 cm³/mol. The molecule has 2 aliphatic heterocycles. The van der Waals surface area contributed by atoms with Gasteiger partial charge in [-0.15, -0.1) is 0 Å². The lowest BCUT2D eigenvalue weighted by Crippen LogP contribution is -2.36. The molecule has 2 saturated heterocycles. The smallest absolute Gasteiger partial charge is 0.174 e. The second kappa shape index (κ2) is 10.8. The standard InChI is InChI=1S/C28H25ClN4O2S2/c29-19-4-10-22(11-5-19)37-25-13-12-24(35-25)27-26(23-3-1-2-14-30-23)31-28(36)33(27)21-8-6-20(7-9-21)32-15-17-34-18-16-32/h1-14,26-27H,15-18H2,(H,31,36). The average Bonchev–Trinajstić information content (AvgIpc) is 3.55. The molecule has 0 aliphatic carbocycles. The molecule has 2 unspecified atom stereocenters. The van der Waals surface area contributed by atoms with E-state index in [9.17, 15) is 0 Å². The molecule has 4 heterocycles. The van der Waals surface area contributed by atoms with Crippen LogP contribution in [0.4, 0.5) is 11.4 Å². The van der Waals surface area contributed by atoms with Crippen molar-refractivity contribution in [1.82, 2.24) is 10.3 Å². The maximum Gasteiger partial charge on any atom is 0.174 e. The van der Waals surface area contributed by atoms with Gasteiger partial charge in [0.05, 0.1) is 24.9 Å². The van der Waals surface area contributed by atoms with E-state index in [0.717, 1.165) is 53.4 Å². The molecular formula is C28H25ClN4O2S2. The van der Waals surface area contributed by atoms with Crippen molar-refractivity contribution in [1.29, 1.82) is 0 Å². The van der Waals surface area contributed by atoms with E-state index in [1.54, 1.807) is 18.0 Å². The van der Waals surface area contributed by atoms with Gasteiger partial charge >= 0.3 is 0 Å². The third-order valence-electron chi connectivity index (χ3n) is 6.53. The van der Waals surface area contributed by atoms with Crippen LogP contribution in [0, 0.1) is 0 Å². The van der Waals surface area contributed by atoms with Crippen LogP contribution in [-0.2, 0) is 4.74 Å². The number of pyridine rings is 1. The van der Waals surface area contributed by atoms with Gasteiger partial charge in [0.2, 0.25) is 0 Å². The molecule has 2 aliphatic rings. The van der Waals surface area contributed by atoms with Gasteiger partial charge in [0, 0.05) is 40.6 Å². The maximum atomic E-state index is 6.41. The molecule has 2 aromatic carbocycles. The van der Waals surface area contributed by atoms with E-state index in [1.807, 2.05) is 54.6 Å². The zero-order valence-electron chi connectivity index (χ0n) is 19.9. The molecule has 2 atom stereocenters. The van der Waals surface area contributed by atoms with Crippen LogP contribution in [0.15, 0.2) is 99.5 Å². The second-order valence-corrected chi connectivity index (χ2v) is 10.7. The summed E-state index contributed by atoms with van der Waals surface area (Å²) >= 11 is 13.5. The summed E-state index contributed by atoms with van der Waals surface area (Å²) in [6.45, 7) is 3.30. The van der Waals surface area contributed by atoms with Gasteiger partial charge in [0.1, 0.15) is 11.8 Å². The van der Waals surface area contributed by atoms with Gasteiger partial charge in [0.25, 0.3) is 0 Å². The second-order valence-electron chi connectivity index (χ2n) is 8.83. The molecule has 0 radical (unpaired) electrons. The van der Waals surface area contributed by atoms with Crippen molar-refractivity contribution in [3.8, 4) is 0 Å². The van der Waals surface area contributed by atoms with Crippen LogP contribution in [0.5, 0.6) is 0 Å². The van der Waals surface area contributed by atoms with Gasteiger partial charge in [-0.2, -0.15) is 0 Å². The number of furan rings is 1. The highest BCUT2D eigenvalue weighted by atomic mass is 35.5.